The Hall–Kier alpha value is -1.71. The number of hydrogen-bond donors (Lipinski definition) is 6. The highest BCUT2D eigenvalue weighted by Gasteiger charge is 2.19. The summed E-state index contributed by atoms with van der Waals surface area (Å²) >= 11 is 0. The maximum absolute atomic E-state index is 10.8. The van der Waals surface area contributed by atoms with Gasteiger partial charge in [0.05, 0.1) is 0 Å². The average molecular weight is 292 g/mol. The van der Waals surface area contributed by atoms with Gasteiger partial charge in [0.2, 0.25) is 0 Å². The zero-order valence-electron chi connectivity index (χ0n) is 10.9. The highest BCUT2D eigenvalue weighted by atomic mass is 16.4. The predicted molar refractivity (Wildman–Crippen MR) is 67.4 cm³/mol. The molecular formula is C11H20N2O7. The van der Waals surface area contributed by atoms with Gasteiger partial charge in [0.25, 0.3) is 0 Å². The van der Waals surface area contributed by atoms with Crippen molar-refractivity contribution in [3.05, 3.63) is 0 Å². The molecule has 0 heterocycles. The van der Waals surface area contributed by atoms with Crippen LogP contribution in [0.25, 0.3) is 0 Å². The smallest absolute Gasteiger partial charge is 0.320 e. The Morgan fingerprint density at radius 3 is 1.65 bits per heavy atom. The molecular weight excluding hydrogens is 272 g/mol. The number of hydrogen-bond acceptors (Lipinski definition) is 6. The summed E-state index contributed by atoms with van der Waals surface area (Å²) in [6.45, 7) is 0.0906. The molecule has 0 aromatic rings. The first kappa shape index (κ1) is 18.3. The molecule has 0 aliphatic heterocycles. The molecule has 0 rings (SSSR count). The molecule has 2 unspecified atom stereocenters. The monoisotopic (exact) mass is 292 g/mol. The van der Waals surface area contributed by atoms with Crippen LogP contribution in [-0.4, -0.2) is 70.1 Å². The van der Waals surface area contributed by atoms with Crippen LogP contribution in [0.5, 0.6) is 0 Å². The molecule has 0 aromatic carbocycles. The standard InChI is InChI=1S/C11H20N2O7/c14-6-3-8(11(19)20)13-5-4-12-7(10(17)18)1-2-9(15)16/h7-8,12-14H,1-6H2,(H,15,16)(H,17,18)(H,19,20). The van der Waals surface area contributed by atoms with E-state index in [1.54, 1.807) is 0 Å². The van der Waals surface area contributed by atoms with E-state index in [1.807, 2.05) is 0 Å². The maximum Gasteiger partial charge on any atom is 0.320 e. The number of carbonyl (C=O) groups is 3. The van der Waals surface area contributed by atoms with Gasteiger partial charge in [-0.15, -0.1) is 0 Å². The number of aliphatic hydroxyl groups is 1. The van der Waals surface area contributed by atoms with Gasteiger partial charge in [0, 0.05) is 26.1 Å². The summed E-state index contributed by atoms with van der Waals surface area (Å²) in [5, 5.41) is 40.1. The minimum atomic E-state index is -1.16. The number of nitrogens with one attached hydrogen (secondary N) is 2. The normalized spacial score (nSPS) is 13.7. The first-order valence-corrected chi connectivity index (χ1v) is 6.13. The minimum Gasteiger partial charge on any atom is -0.481 e. The third kappa shape index (κ3) is 8.40. The van der Waals surface area contributed by atoms with Crippen molar-refractivity contribution >= 4 is 17.9 Å². The van der Waals surface area contributed by atoms with E-state index in [0.29, 0.717) is 0 Å². The third-order valence-corrected chi connectivity index (χ3v) is 2.57. The Morgan fingerprint density at radius 1 is 0.850 bits per heavy atom. The van der Waals surface area contributed by atoms with Gasteiger partial charge in [-0.25, -0.2) is 0 Å². The highest BCUT2D eigenvalue weighted by molar-refractivity contribution is 5.75. The zero-order valence-corrected chi connectivity index (χ0v) is 10.9. The number of rotatable bonds is 12. The lowest BCUT2D eigenvalue weighted by Crippen LogP contribution is -2.44. The van der Waals surface area contributed by atoms with Crippen molar-refractivity contribution in [3.8, 4) is 0 Å². The topological polar surface area (TPSA) is 156 Å². The van der Waals surface area contributed by atoms with Crippen LogP contribution in [0.3, 0.4) is 0 Å². The molecule has 0 radical (unpaired) electrons. The van der Waals surface area contributed by atoms with Gasteiger partial charge in [-0.05, 0) is 12.8 Å². The molecule has 6 N–H and O–H groups in total. The molecule has 0 aliphatic rings. The summed E-state index contributed by atoms with van der Waals surface area (Å²) in [6.07, 6.45) is -0.264. The van der Waals surface area contributed by atoms with Crippen LogP contribution in [-0.2, 0) is 14.4 Å². The molecule has 0 saturated carbocycles. The fourth-order valence-corrected chi connectivity index (χ4v) is 1.52. The van der Waals surface area contributed by atoms with E-state index in [1.165, 1.54) is 0 Å². The summed E-state index contributed by atoms with van der Waals surface area (Å²) in [5.41, 5.74) is 0. The van der Waals surface area contributed by atoms with Crippen molar-refractivity contribution in [3.63, 3.8) is 0 Å². The van der Waals surface area contributed by atoms with Crippen LogP contribution < -0.4 is 10.6 Å². The zero-order chi connectivity index (χ0) is 15.5. The van der Waals surface area contributed by atoms with E-state index in [2.05, 4.69) is 10.6 Å². The summed E-state index contributed by atoms with van der Waals surface area (Å²) in [7, 11) is 0. The van der Waals surface area contributed by atoms with Crippen molar-refractivity contribution in [1.29, 1.82) is 0 Å². The summed E-state index contributed by atoms with van der Waals surface area (Å²) in [5.74, 6) is -3.33. The van der Waals surface area contributed by atoms with Crippen molar-refractivity contribution in [2.24, 2.45) is 0 Å². The molecule has 0 aromatic heterocycles. The molecule has 0 amide bonds. The number of carboxylic acid groups (broad SMARTS) is 3. The molecule has 20 heavy (non-hydrogen) atoms. The summed E-state index contributed by atoms with van der Waals surface area (Å²) < 4.78 is 0. The van der Waals surface area contributed by atoms with Crippen molar-refractivity contribution in [2.75, 3.05) is 19.7 Å². The summed E-state index contributed by atoms with van der Waals surface area (Å²) in [6, 6.07) is -1.89. The van der Waals surface area contributed by atoms with Gasteiger partial charge >= 0.3 is 17.9 Å². The van der Waals surface area contributed by atoms with Crippen LogP contribution >= 0.6 is 0 Å². The lowest BCUT2D eigenvalue weighted by Gasteiger charge is -2.16. The van der Waals surface area contributed by atoms with Crippen molar-refractivity contribution < 1.29 is 34.8 Å². The lowest BCUT2D eigenvalue weighted by atomic mass is 10.1. The maximum atomic E-state index is 10.8. The van der Waals surface area contributed by atoms with Crippen LogP contribution in [0.4, 0.5) is 0 Å². The molecule has 9 heteroatoms. The molecule has 0 saturated heterocycles. The SMILES string of the molecule is O=C(O)CCC(NCCNC(CCO)C(=O)O)C(=O)O. The first-order valence-electron chi connectivity index (χ1n) is 6.13. The van der Waals surface area contributed by atoms with E-state index in [0.717, 1.165) is 0 Å². The summed E-state index contributed by atoms with van der Waals surface area (Å²) in [4.78, 5) is 32.0. The minimum absolute atomic E-state index is 0.0519. The lowest BCUT2D eigenvalue weighted by molar-refractivity contribution is -0.142. The fraction of sp³-hybridized carbons (Fsp3) is 0.727. The molecule has 9 nitrogen and oxygen atoms in total. The van der Waals surface area contributed by atoms with Gasteiger partial charge in [-0.3, -0.25) is 14.4 Å². The van der Waals surface area contributed by atoms with Crippen LogP contribution in [0.1, 0.15) is 19.3 Å². The fourth-order valence-electron chi connectivity index (χ4n) is 1.52. The van der Waals surface area contributed by atoms with Crippen LogP contribution in [0.15, 0.2) is 0 Å². The van der Waals surface area contributed by atoms with Gasteiger partial charge in [-0.1, -0.05) is 0 Å². The Bertz CT molecular complexity index is 335. The molecule has 2 atom stereocenters. The van der Waals surface area contributed by atoms with E-state index in [9.17, 15) is 14.4 Å². The quantitative estimate of drug-likeness (QED) is 0.231. The Labute approximate surface area is 115 Å². The molecule has 0 aliphatic carbocycles. The van der Waals surface area contributed by atoms with Crippen LogP contribution in [0.2, 0.25) is 0 Å². The average Bonchev–Trinajstić information content (AvgIpc) is 2.35. The van der Waals surface area contributed by atoms with Gasteiger partial charge < -0.3 is 31.1 Å². The van der Waals surface area contributed by atoms with Gasteiger partial charge in [0.15, 0.2) is 0 Å². The second-order valence-corrected chi connectivity index (χ2v) is 4.13. The highest BCUT2D eigenvalue weighted by Crippen LogP contribution is 1.97. The predicted octanol–water partition coefficient (Wildman–Crippen LogP) is -1.68. The van der Waals surface area contributed by atoms with Crippen molar-refractivity contribution in [2.45, 2.75) is 31.3 Å². The van der Waals surface area contributed by atoms with Crippen molar-refractivity contribution in [1.82, 2.24) is 10.6 Å². The van der Waals surface area contributed by atoms with Crippen LogP contribution in [0, 0.1) is 0 Å². The largest absolute Gasteiger partial charge is 0.481 e. The van der Waals surface area contributed by atoms with E-state index >= 15 is 0 Å². The molecule has 0 fully saturated rings. The Morgan fingerprint density at radius 2 is 1.30 bits per heavy atom. The number of carboxylic acids is 3. The Balaban J connectivity index is 4.01. The van der Waals surface area contributed by atoms with E-state index < -0.39 is 30.0 Å². The molecule has 116 valence electrons. The second-order valence-electron chi connectivity index (χ2n) is 4.13. The Kier molecular flexibility index (Phi) is 9.26. The van der Waals surface area contributed by atoms with Gasteiger partial charge in [0.1, 0.15) is 12.1 Å². The number of aliphatic carboxylic acids is 3. The molecule has 0 spiro atoms. The van der Waals surface area contributed by atoms with Gasteiger partial charge in [-0.2, -0.15) is 0 Å². The first-order chi connectivity index (χ1) is 9.38. The van der Waals surface area contributed by atoms with E-state index in [4.69, 9.17) is 20.4 Å². The van der Waals surface area contributed by atoms with E-state index in [-0.39, 0.29) is 39.0 Å². The number of aliphatic hydroxyl groups excluding tert-OH is 1. The molecule has 0 bridgehead atoms. The second kappa shape index (κ2) is 10.1. The third-order valence-electron chi connectivity index (χ3n) is 2.57.